The van der Waals surface area contributed by atoms with Crippen molar-refractivity contribution in [2.45, 2.75) is 25.0 Å². The topological polar surface area (TPSA) is 81.9 Å². The lowest BCUT2D eigenvalue weighted by atomic mass is 10.1. The Morgan fingerprint density at radius 2 is 2.00 bits per heavy atom. The van der Waals surface area contributed by atoms with E-state index in [-0.39, 0.29) is 17.7 Å². The van der Waals surface area contributed by atoms with Crippen molar-refractivity contribution in [2.24, 2.45) is 0 Å². The van der Waals surface area contributed by atoms with Crippen LogP contribution in [-0.2, 0) is 4.79 Å². The number of amides is 1. The third-order valence-electron chi connectivity index (χ3n) is 3.91. The Hall–Kier alpha value is -2.58. The molecule has 1 aromatic heterocycles. The van der Waals surface area contributed by atoms with E-state index in [9.17, 15) is 4.79 Å². The minimum atomic E-state index is -0.125. The summed E-state index contributed by atoms with van der Waals surface area (Å²) in [7, 11) is 0. The first-order chi connectivity index (χ1) is 13.6. The van der Waals surface area contributed by atoms with E-state index >= 15 is 0 Å². The lowest BCUT2D eigenvalue weighted by Gasteiger charge is -2.14. The molecule has 3 rings (SSSR count). The molecule has 0 unspecified atom stereocenters. The van der Waals surface area contributed by atoms with E-state index in [1.54, 1.807) is 16.8 Å². The Labute approximate surface area is 172 Å². The van der Waals surface area contributed by atoms with Crippen molar-refractivity contribution in [1.82, 2.24) is 25.5 Å². The summed E-state index contributed by atoms with van der Waals surface area (Å²) in [5.74, 6) is 0.759. The number of hydrogen-bond acceptors (Lipinski definition) is 6. The van der Waals surface area contributed by atoms with Crippen LogP contribution in [0, 0.1) is 0 Å². The largest absolute Gasteiger partial charge is 0.492 e. The Morgan fingerprint density at radius 3 is 2.75 bits per heavy atom. The van der Waals surface area contributed by atoms with Gasteiger partial charge in [-0.3, -0.25) is 4.79 Å². The van der Waals surface area contributed by atoms with E-state index < -0.39 is 0 Å². The van der Waals surface area contributed by atoms with Crippen LogP contribution < -0.4 is 10.1 Å². The number of ether oxygens (including phenoxy) is 1. The normalized spacial score (nSPS) is 11.8. The average molecular weight is 418 g/mol. The van der Waals surface area contributed by atoms with Gasteiger partial charge in [-0.1, -0.05) is 47.6 Å². The van der Waals surface area contributed by atoms with Crippen molar-refractivity contribution in [3.63, 3.8) is 0 Å². The van der Waals surface area contributed by atoms with Crippen LogP contribution in [0.25, 0.3) is 5.69 Å². The minimum Gasteiger partial charge on any atom is -0.492 e. The lowest BCUT2D eigenvalue weighted by Crippen LogP contribution is -2.28. The van der Waals surface area contributed by atoms with Gasteiger partial charge in [0.1, 0.15) is 11.4 Å². The van der Waals surface area contributed by atoms with Crippen LogP contribution >= 0.6 is 23.4 Å². The molecular formula is C19H20ClN5O2S. The second kappa shape index (κ2) is 9.57. The van der Waals surface area contributed by atoms with Gasteiger partial charge >= 0.3 is 0 Å². The number of carbonyl (C=O) groups excluding carboxylic acids is 1. The molecule has 1 amide bonds. The summed E-state index contributed by atoms with van der Waals surface area (Å²) in [5.41, 5.74) is 1.71. The summed E-state index contributed by atoms with van der Waals surface area (Å²) in [5, 5.41) is 15.9. The highest BCUT2D eigenvalue weighted by molar-refractivity contribution is 7.99. The summed E-state index contributed by atoms with van der Waals surface area (Å²) in [6, 6.07) is 14.8. The number of halogens is 1. The van der Waals surface area contributed by atoms with Gasteiger partial charge in [-0.2, -0.15) is 4.68 Å². The molecule has 0 aliphatic carbocycles. The molecule has 0 aliphatic heterocycles. The summed E-state index contributed by atoms with van der Waals surface area (Å²) in [4.78, 5) is 12.3. The Morgan fingerprint density at radius 1 is 1.25 bits per heavy atom. The first-order valence-corrected chi connectivity index (χ1v) is 10.1. The van der Waals surface area contributed by atoms with Gasteiger partial charge in [0.15, 0.2) is 0 Å². The summed E-state index contributed by atoms with van der Waals surface area (Å²) in [6.07, 6.45) is 0. The van der Waals surface area contributed by atoms with Crippen molar-refractivity contribution in [2.75, 3.05) is 12.4 Å². The predicted molar refractivity (Wildman–Crippen MR) is 109 cm³/mol. The standard InChI is InChI=1S/C19H20ClN5O2S/c1-3-27-17-7-5-4-6-16(17)25-19(22-23-24-25)28-12-18(26)21-13(2)14-8-10-15(20)11-9-14/h4-11,13H,3,12H2,1-2H3,(H,21,26)/t13-/m0/s1. The van der Waals surface area contributed by atoms with E-state index in [0.29, 0.717) is 22.5 Å². The predicted octanol–water partition coefficient (Wildman–Crippen LogP) is 3.68. The number of hydrogen-bond donors (Lipinski definition) is 1. The van der Waals surface area contributed by atoms with Crippen molar-refractivity contribution in [3.05, 3.63) is 59.1 Å². The molecule has 0 spiro atoms. The van der Waals surface area contributed by atoms with Gasteiger partial charge in [-0.15, -0.1) is 5.10 Å². The second-order valence-electron chi connectivity index (χ2n) is 5.90. The third kappa shape index (κ3) is 5.02. The smallest absolute Gasteiger partial charge is 0.230 e. The lowest BCUT2D eigenvalue weighted by molar-refractivity contribution is -0.119. The molecular weight excluding hydrogens is 398 g/mol. The van der Waals surface area contributed by atoms with Crippen molar-refractivity contribution in [1.29, 1.82) is 0 Å². The van der Waals surface area contributed by atoms with Crippen molar-refractivity contribution >= 4 is 29.3 Å². The van der Waals surface area contributed by atoms with Gasteiger partial charge in [-0.25, -0.2) is 0 Å². The Bertz CT molecular complexity index is 932. The van der Waals surface area contributed by atoms with Crippen LogP contribution in [0.3, 0.4) is 0 Å². The second-order valence-corrected chi connectivity index (χ2v) is 7.28. The minimum absolute atomic E-state index is 0.111. The molecule has 0 saturated heterocycles. The average Bonchev–Trinajstić information content (AvgIpc) is 3.16. The summed E-state index contributed by atoms with van der Waals surface area (Å²) < 4.78 is 7.21. The van der Waals surface area contributed by atoms with Crippen LogP contribution in [0.2, 0.25) is 5.02 Å². The molecule has 7 nitrogen and oxygen atoms in total. The van der Waals surface area contributed by atoms with Crippen LogP contribution in [0.15, 0.2) is 53.7 Å². The van der Waals surface area contributed by atoms with Gasteiger partial charge in [0.05, 0.1) is 18.4 Å². The van der Waals surface area contributed by atoms with Gasteiger partial charge in [-0.05, 0) is 54.1 Å². The molecule has 3 aromatic rings. The molecule has 1 heterocycles. The van der Waals surface area contributed by atoms with E-state index in [0.717, 1.165) is 11.3 Å². The molecule has 0 saturated carbocycles. The molecule has 9 heteroatoms. The van der Waals surface area contributed by atoms with E-state index in [4.69, 9.17) is 16.3 Å². The highest BCUT2D eigenvalue weighted by atomic mass is 35.5. The van der Waals surface area contributed by atoms with E-state index in [1.807, 2.05) is 50.2 Å². The number of nitrogens with one attached hydrogen (secondary N) is 1. The van der Waals surface area contributed by atoms with Gasteiger partial charge in [0.2, 0.25) is 11.1 Å². The van der Waals surface area contributed by atoms with Crippen LogP contribution in [-0.4, -0.2) is 38.5 Å². The van der Waals surface area contributed by atoms with E-state index in [1.165, 1.54) is 11.8 Å². The van der Waals surface area contributed by atoms with Crippen LogP contribution in [0.1, 0.15) is 25.5 Å². The highest BCUT2D eigenvalue weighted by Gasteiger charge is 2.16. The quantitative estimate of drug-likeness (QED) is 0.563. The number of thioether (sulfide) groups is 1. The number of tetrazole rings is 1. The van der Waals surface area contributed by atoms with E-state index in [2.05, 4.69) is 20.8 Å². The van der Waals surface area contributed by atoms with Crippen LogP contribution in [0.5, 0.6) is 5.75 Å². The first kappa shape index (κ1) is 20.2. The number of carbonyl (C=O) groups is 1. The SMILES string of the molecule is CCOc1ccccc1-n1nnnc1SCC(=O)N[C@@H](C)c1ccc(Cl)cc1. The van der Waals surface area contributed by atoms with Crippen molar-refractivity contribution in [3.8, 4) is 11.4 Å². The molecule has 28 heavy (non-hydrogen) atoms. The summed E-state index contributed by atoms with van der Waals surface area (Å²) in [6.45, 7) is 4.37. The molecule has 2 aromatic carbocycles. The van der Waals surface area contributed by atoms with Crippen molar-refractivity contribution < 1.29 is 9.53 Å². The molecule has 1 atom stereocenters. The zero-order valence-electron chi connectivity index (χ0n) is 15.5. The Balaban J connectivity index is 1.64. The third-order valence-corrected chi connectivity index (χ3v) is 5.09. The maximum Gasteiger partial charge on any atom is 0.230 e. The summed E-state index contributed by atoms with van der Waals surface area (Å²) >= 11 is 7.17. The number of para-hydroxylation sites is 2. The Kier molecular flexibility index (Phi) is 6.89. The maximum atomic E-state index is 12.3. The maximum absolute atomic E-state index is 12.3. The fourth-order valence-corrected chi connectivity index (χ4v) is 3.40. The van der Waals surface area contributed by atoms with Crippen LogP contribution in [0.4, 0.5) is 0 Å². The number of benzene rings is 2. The number of aromatic nitrogens is 4. The molecule has 0 aliphatic rings. The monoisotopic (exact) mass is 417 g/mol. The van der Waals surface area contributed by atoms with Gasteiger partial charge in [0.25, 0.3) is 0 Å². The molecule has 1 N–H and O–H groups in total. The molecule has 0 bridgehead atoms. The zero-order chi connectivity index (χ0) is 19.9. The fraction of sp³-hybridized carbons (Fsp3) is 0.263. The van der Waals surface area contributed by atoms with Gasteiger partial charge in [0, 0.05) is 5.02 Å². The fourth-order valence-electron chi connectivity index (χ4n) is 2.58. The molecule has 146 valence electrons. The number of nitrogens with zero attached hydrogens (tertiary/aromatic N) is 4. The van der Waals surface area contributed by atoms with Gasteiger partial charge < -0.3 is 10.1 Å². The number of rotatable bonds is 8. The molecule has 0 fully saturated rings. The first-order valence-electron chi connectivity index (χ1n) is 8.76. The highest BCUT2D eigenvalue weighted by Crippen LogP contribution is 2.26. The zero-order valence-corrected chi connectivity index (χ0v) is 17.1. The molecule has 0 radical (unpaired) electrons.